The first-order chi connectivity index (χ1) is 17.8. The Bertz CT molecular complexity index is 1410. The quantitative estimate of drug-likeness (QED) is 0.213. The van der Waals surface area contributed by atoms with Crippen molar-refractivity contribution in [1.82, 2.24) is 10.1 Å². The lowest BCUT2D eigenvalue weighted by atomic mass is 9.83. The maximum atomic E-state index is 13.2. The molecule has 0 aliphatic carbocycles. The number of non-ortho nitro benzene ring substituents is 1. The van der Waals surface area contributed by atoms with Crippen molar-refractivity contribution >= 4 is 35.3 Å². The van der Waals surface area contributed by atoms with Crippen molar-refractivity contribution in [3.8, 4) is 0 Å². The molecule has 0 saturated carbocycles. The highest BCUT2D eigenvalue weighted by Gasteiger charge is 2.57. The minimum atomic E-state index is -0.871. The molecule has 3 aromatic rings. The molecule has 0 unspecified atom stereocenters. The van der Waals surface area contributed by atoms with E-state index >= 15 is 0 Å². The molecule has 5 rings (SSSR count). The topological polar surface area (TPSA) is 136 Å². The van der Waals surface area contributed by atoms with Crippen molar-refractivity contribution in [2.24, 2.45) is 5.92 Å². The lowest BCUT2D eigenvalue weighted by molar-refractivity contribution is -0.384. The number of benzene rings is 2. The van der Waals surface area contributed by atoms with E-state index in [4.69, 9.17) is 9.26 Å². The van der Waals surface area contributed by atoms with Crippen LogP contribution in [-0.4, -0.2) is 44.1 Å². The van der Waals surface area contributed by atoms with Crippen LogP contribution < -0.4 is 0 Å². The van der Waals surface area contributed by atoms with Crippen LogP contribution in [0.5, 0.6) is 0 Å². The van der Waals surface area contributed by atoms with Gasteiger partial charge >= 0.3 is 5.97 Å². The van der Waals surface area contributed by atoms with Crippen LogP contribution >= 0.6 is 0 Å². The van der Waals surface area contributed by atoms with Gasteiger partial charge in [-0.1, -0.05) is 41.6 Å². The van der Waals surface area contributed by atoms with E-state index < -0.39 is 29.0 Å². The van der Waals surface area contributed by atoms with Crippen LogP contribution in [0.1, 0.15) is 35.9 Å². The molecule has 3 atom stereocenters. The van der Waals surface area contributed by atoms with Crippen molar-refractivity contribution in [3.63, 3.8) is 0 Å². The number of fused-ring (bicyclic) bond motifs is 1. The van der Waals surface area contributed by atoms with E-state index in [0.29, 0.717) is 29.0 Å². The van der Waals surface area contributed by atoms with Gasteiger partial charge in [-0.25, -0.2) is 4.79 Å². The second kappa shape index (κ2) is 9.82. The first-order valence-corrected chi connectivity index (χ1v) is 11.7. The molecule has 2 aromatic carbocycles. The van der Waals surface area contributed by atoms with E-state index in [9.17, 15) is 24.8 Å². The number of nitro benzene ring substituents is 1. The fourth-order valence-electron chi connectivity index (χ4n) is 4.67. The van der Waals surface area contributed by atoms with Crippen LogP contribution in [0.3, 0.4) is 0 Å². The van der Waals surface area contributed by atoms with Gasteiger partial charge in [0, 0.05) is 30.2 Å². The predicted molar refractivity (Wildman–Crippen MR) is 132 cm³/mol. The molecular formula is C27H23N3O7. The highest BCUT2D eigenvalue weighted by Crippen LogP contribution is 2.47. The third-order valence-corrected chi connectivity index (χ3v) is 6.51. The van der Waals surface area contributed by atoms with Crippen molar-refractivity contribution in [3.05, 3.63) is 99.1 Å². The predicted octanol–water partition coefficient (Wildman–Crippen LogP) is 3.82. The number of amides is 1. The van der Waals surface area contributed by atoms with Crippen molar-refractivity contribution < 1.29 is 28.9 Å². The number of esters is 1. The fourth-order valence-corrected chi connectivity index (χ4v) is 4.67. The van der Waals surface area contributed by atoms with E-state index in [1.165, 1.54) is 29.2 Å². The summed E-state index contributed by atoms with van der Waals surface area (Å²) in [5.41, 5.74) is 2.54. The van der Waals surface area contributed by atoms with E-state index in [1.807, 2.05) is 36.4 Å². The maximum absolute atomic E-state index is 13.2. The van der Waals surface area contributed by atoms with Crippen LogP contribution in [0.25, 0.3) is 17.7 Å². The Morgan fingerprint density at radius 2 is 1.97 bits per heavy atom. The van der Waals surface area contributed by atoms with E-state index in [0.717, 1.165) is 5.56 Å². The van der Waals surface area contributed by atoms with E-state index in [2.05, 4.69) is 5.16 Å². The number of hydrogen-bond acceptors (Lipinski definition) is 8. The lowest BCUT2D eigenvalue weighted by Gasteiger charge is -2.44. The van der Waals surface area contributed by atoms with Crippen molar-refractivity contribution in [2.45, 2.75) is 32.1 Å². The summed E-state index contributed by atoms with van der Waals surface area (Å²) in [6.45, 7) is 1.41. The molecule has 10 heteroatoms. The van der Waals surface area contributed by atoms with Crippen LogP contribution in [-0.2, 0) is 20.9 Å². The third kappa shape index (κ3) is 4.66. The van der Waals surface area contributed by atoms with Gasteiger partial charge in [0.15, 0.2) is 5.76 Å². The second-order valence-corrected chi connectivity index (χ2v) is 8.93. The molecule has 1 amide bonds. The Morgan fingerprint density at radius 3 is 2.65 bits per heavy atom. The average Bonchev–Trinajstić information content (AvgIpc) is 3.49. The molecule has 1 aromatic heterocycles. The molecule has 10 nitrogen and oxygen atoms in total. The Balaban J connectivity index is 1.39. The van der Waals surface area contributed by atoms with E-state index in [1.54, 1.807) is 19.1 Å². The molecule has 1 saturated heterocycles. The van der Waals surface area contributed by atoms with E-state index in [-0.39, 0.29) is 23.9 Å². The maximum Gasteiger partial charge on any atom is 0.355 e. The Labute approximate surface area is 211 Å². The average molecular weight is 501 g/mol. The zero-order valence-corrected chi connectivity index (χ0v) is 19.8. The Morgan fingerprint density at radius 1 is 1.24 bits per heavy atom. The summed E-state index contributed by atoms with van der Waals surface area (Å²) in [5, 5.41) is 25.0. The van der Waals surface area contributed by atoms with Gasteiger partial charge in [0.2, 0.25) is 5.91 Å². The number of aliphatic hydroxyl groups is 1. The molecule has 188 valence electrons. The molecule has 2 aliphatic rings. The number of hydrogen-bond donors (Lipinski definition) is 1. The molecule has 0 bridgehead atoms. The molecular weight excluding hydrogens is 478 g/mol. The van der Waals surface area contributed by atoms with Gasteiger partial charge in [-0.15, -0.1) is 0 Å². The molecule has 0 radical (unpaired) electrons. The summed E-state index contributed by atoms with van der Waals surface area (Å²) in [5.74, 6) is -1.39. The van der Waals surface area contributed by atoms with Gasteiger partial charge in [0.25, 0.3) is 5.69 Å². The van der Waals surface area contributed by atoms with Gasteiger partial charge < -0.3 is 19.3 Å². The summed E-state index contributed by atoms with van der Waals surface area (Å²) in [6.07, 6.45) is 3.10. The molecule has 1 fully saturated rings. The Hall–Kier alpha value is -4.57. The third-order valence-electron chi connectivity index (χ3n) is 6.51. The van der Waals surface area contributed by atoms with Gasteiger partial charge in [0.05, 0.1) is 23.0 Å². The number of nitrogens with zero attached hydrogens (tertiary/aromatic N) is 3. The van der Waals surface area contributed by atoms with Gasteiger partial charge in [-0.3, -0.25) is 14.9 Å². The fraction of sp³-hybridized carbons (Fsp3) is 0.222. The van der Waals surface area contributed by atoms with Gasteiger partial charge in [-0.2, -0.15) is 0 Å². The largest absolute Gasteiger partial charge is 0.456 e. The monoisotopic (exact) mass is 501 g/mol. The number of aliphatic hydroxyl groups excluding tert-OH is 1. The Kier molecular flexibility index (Phi) is 6.41. The zero-order chi connectivity index (χ0) is 26.1. The smallest absolute Gasteiger partial charge is 0.355 e. The second-order valence-electron chi connectivity index (χ2n) is 8.93. The first kappa shape index (κ1) is 24.1. The molecule has 3 heterocycles. The minimum absolute atomic E-state index is 0.0588. The normalized spacial score (nSPS) is 19.6. The first-order valence-electron chi connectivity index (χ1n) is 11.7. The zero-order valence-electron chi connectivity index (χ0n) is 19.8. The molecule has 37 heavy (non-hydrogen) atoms. The van der Waals surface area contributed by atoms with Crippen molar-refractivity contribution in [2.75, 3.05) is 0 Å². The van der Waals surface area contributed by atoms with Gasteiger partial charge in [-0.05, 0) is 36.3 Å². The number of carbonyl (C=O) groups excluding carboxylic acids is 2. The van der Waals surface area contributed by atoms with Crippen LogP contribution in [0, 0.1) is 16.0 Å². The number of aromatic nitrogens is 1. The number of rotatable bonds is 8. The summed E-state index contributed by atoms with van der Waals surface area (Å²) in [4.78, 5) is 37.7. The van der Waals surface area contributed by atoms with Crippen LogP contribution in [0.15, 0.2) is 70.9 Å². The van der Waals surface area contributed by atoms with Crippen LogP contribution in [0.4, 0.5) is 5.69 Å². The molecule has 2 aliphatic heterocycles. The summed E-state index contributed by atoms with van der Waals surface area (Å²) in [6, 6.07) is 16.6. The minimum Gasteiger partial charge on any atom is -0.456 e. The highest BCUT2D eigenvalue weighted by atomic mass is 16.6. The summed E-state index contributed by atoms with van der Waals surface area (Å²) >= 11 is 0. The standard InChI is InChI=1S/C27H23N3O7/c1-16(31)24-22-14-21(23-13-19(28-37-23)10-7-17-5-3-2-4-6-17)25(29(22)26(24)32)27(33)36-15-18-8-11-20(12-9-18)30(34)35/h2-13,16,22,24,31H,14-15H2,1H3/b10-7+/t16-,22-,24-/m1/s1. The highest BCUT2D eigenvalue weighted by molar-refractivity contribution is 6.06. The number of carbonyl (C=O) groups is 2. The van der Waals surface area contributed by atoms with Crippen molar-refractivity contribution in [1.29, 1.82) is 0 Å². The number of β-lactam (4-membered cyclic amide) rings is 1. The van der Waals surface area contributed by atoms with Gasteiger partial charge in [0.1, 0.15) is 18.0 Å². The molecule has 1 N–H and O–H groups in total. The summed E-state index contributed by atoms with van der Waals surface area (Å²) in [7, 11) is 0. The van der Waals surface area contributed by atoms with Crippen LogP contribution in [0.2, 0.25) is 0 Å². The SMILES string of the molecule is C[C@@H](O)[C@H]1C(=O)N2C(C(=O)OCc3ccc([N+](=O)[O-])cc3)=C(c3cc(/C=C/c4ccccc4)no3)C[C@H]12. The lowest BCUT2D eigenvalue weighted by Crippen LogP contribution is -2.61. The number of nitro groups is 1. The number of ether oxygens (including phenoxy) is 1. The molecule has 0 spiro atoms. The summed E-state index contributed by atoms with van der Waals surface area (Å²) < 4.78 is 11.0.